The van der Waals surface area contributed by atoms with E-state index in [1.54, 1.807) is 11.8 Å². The molecule has 1 saturated heterocycles. The Labute approximate surface area is 96.4 Å². The van der Waals surface area contributed by atoms with Crippen LogP contribution in [0.15, 0.2) is 0 Å². The van der Waals surface area contributed by atoms with E-state index in [1.807, 2.05) is 6.92 Å². The predicted octanol–water partition coefficient (Wildman–Crippen LogP) is -0.149. The molecule has 0 aromatic heterocycles. The highest BCUT2D eigenvalue weighted by Crippen LogP contribution is 2.08. The molecule has 3 N–H and O–H groups in total. The van der Waals surface area contributed by atoms with Crippen molar-refractivity contribution in [1.82, 2.24) is 10.2 Å². The summed E-state index contributed by atoms with van der Waals surface area (Å²) >= 11 is 0. The molecule has 1 fully saturated rings. The average molecular weight is 227 g/mol. The normalized spacial score (nSPS) is 19.3. The fourth-order valence-corrected chi connectivity index (χ4v) is 1.78. The van der Waals surface area contributed by atoms with Gasteiger partial charge in [-0.3, -0.25) is 9.59 Å². The van der Waals surface area contributed by atoms with E-state index in [0.29, 0.717) is 6.42 Å². The third-order valence-corrected chi connectivity index (χ3v) is 2.92. The molecule has 0 aromatic carbocycles. The van der Waals surface area contributed by atoms with Gasteiger partial charge in [0.15, 0.2) is 0 Å². The molecule has 92 valence electrons. The zero-order chi connectivity index (χ0) is 12.1. The van der Waals surface area contributed by atoms with Crippen LogP contribution >= 0.6 is 0 Å². The van der Waals surface area contributed by atoms with Crippen LogP contribution in [0.4, 0.5) is 0 Å². The number of rotatable bonds is 4. The Morgan fingerprint density at radius 2 is 1.94 bits per heavy atom. The van der Waals surface area contributed by atoms with Crippen molar-refractivity contribution in [2.75, 3.05) is 13.1 Å². The molecule has 2 amide bonds. The summed E-state index contributed by atoms with van der Waals surface area (Å²) in [5.74, 6) is -0.253. The predicted molar refractivity (Wildman–Crippen MR) is 61.7 cm³/mol. The zero-order valence-electron chi connectivity index (χ0n) is 10.0. The summed E-state index contributed by atoms with van der Waals surface area (Å²) in [5.41, 5.74) is 5.58. The molecule has 0 radical (unpaired) electrons. The number of nitrogens with two attached hydrogens (primary N) is 1. The van der Waals surface area contributed by atoms with Crippen molar-refractivity contribution in [1.29, 1.82) is 0 Å². The second-order valence-electron chi connectivity index (χ2n) is 4.28. The second-order valence-corrected chi connectivity index (χ2v) is 4.28. The summed E-state index contributed by atoms with van der Waals surface area (Å²) in [5, 5.41) is 2.65. The molecule has 1 unspecified atom stereocenters. The van der Waals surface area contributed by atoms with E-state index in [4.69, 9.17) is 5.73 Å². The van der Waals surface area contributed by atoms with E-state index in [-0.39, 0.29) is 11.8 Å². The van der Waals surface area contributed by atoms with Gasteiger partial charge in [0.2, 0.25) is 11.8 Å². The fraction of sp³-hybridized carbons (Fsp3) is 0.818. The number of nitrogens with zero attached hydrogens (tertiary/aromatic N) is 1. The quantitative estimate of drug-likeness (QED) is 0.701. The number of carbonyl (C=O) groups excluding carboxylic acids is 2. The van der Waals surface area contributed by atoms with E-state index in [0.717, 1.165) is 25.9 Å². The second kappa shape index (κ2) is 5.84. The van der Waals surface area contributed by atoms with Crippen LogP contribution in [0.1, 0.15) is 33.1 Å². The Bertz CT molecular complexity index is 262. The lowest BCUT2D eigenvalue weighted by atomic mass is 10.2. The van der Waals surface area contributed by atoms with Gasteiger partial charge < -0.3 is 16.0 Å². The molecule has 1 heterocycles. The minimum Gasteiger partial charge on any atom is -0.343 e. The number of likely N-dealkylation sites (tertiary alicyclic amines) is 1. The number of hydrogen-bond donors (Lipinski definition) is 2. The van der Waals surface area contributed by atoms with E-state index in [1.165, 1.54) is 0 Å². The van der Waals surface area contributed by atoms with Crippen LogP contribution in [0.25, 0.3) is 0 Å². The highest BCUT2D eigenvalue weighted by atomic mass is 16.2. The van der Waals surface area contributed by atoms with Crippen LogP contribution < -0.4 is 11.1 Å². The van der Waals surface area contributed by atoms with Gasteiger partial charge in [0, 0.05) is 13.1 Å². The first-order valence-electron chi connectivity index (χ1n) is 5.91. The van der Waals surface area contributed by atoms with Crippen LogP contribution in [-0.4, -0.2) is 41.9 Å². The third kappa shape index (κ3) is 3.20. The lowest BCUT2D eigenvalue weighted by Crippen LogP contribution is -2.50. The molecule has 5 heteroatoms. The smallest absolute Gasteiger partial charge is 0.244 e. The average Bonchev–Trinajstić information content (AvgIpc) is 2.79. The molecule has 1 aliphatic heterocycles. The maximum atomic E-state index is 11.9. The van der Waals surface area contributed by atoms with Crippen LogP contribution in [0.3, 0.4) is 0 Å². The van der Waals surface area contributed by atoms with Crippen molar-refractivity contribution >= 4 is 11.8 Å². The summed E-state index contributed by atoms with van der Waals surface area (Å²) in [4.78, 5) is 25.2. The topological polar surface area (TPSA) is 75.4 Å². The van der Waals surface area contributed by atoms with Crippen molar-refractivity contribution in [3.63, 3.8) is 0 Å². The zero-order valence-corrected chi connectivity index (χ0v) is 10.0. The van der Waals surface area contributed by atoms with Crippen LogP contribution in [0.2, 0.25) is 0 Å². The summed E-state index contributed by atoms with van der Waals surface area (Å²) < 4.78 is 0. The number of nitrogens with one attached hydrogen (secondary N) is 1. The van der Waals surface area contributed by atoms with Gasteiger partial charge in [-0.05, 0) is 26.2 Å². The molecule has 5 nitrogen and oxygen atoms in total. The number of amides is 2. The van der Waals surface area contributed by atoms with Gasteiger partial charge >= 0.3 is 0 Å². The summed E-state index contributed by atoms with van der Waals surface area (Å²) in [6.45, 7) is 5.16. The van der Waals surface area contributed by atoms with E-state index < -0.39 is 12.1 Å². The van der Waals surface area contributed by atoms with Gasteiger partial charge in [-0.1, -0.05) is 6.92 Å². The highest BCUT2D eigenvalue weighted by Gasteiger charge is 2.25. The minimum absolute atomic E-state index is 0.00541. The molecule has 1 aliphatic rings. The SMILES string of the molecule is CC[C@@H](N)C(=O)NC(C)C(=O)N1CCCC1. The van der Waals surface area contributed by atoms with E-state index >= 15 is 0 Å². The Hall–Kier alpha value is -1.10. The highest BCUT2D eigenvalue weighted by molar-refractivity contribution is 5.89. The first-order valence-corrected chi connectivity index (χ1v) is 5.91. The van der Waals surface area contributed by atoms with Gasteiger partial charge in [0.1, 0.15) is 6.04 Å². The molecule has 0 bridgehead atoms. The summed E-state index contributed by atoms with van der Waals surface area (Å²) in [7, 11) is 0. The molecule has 16 heavy (non-hydrogen) atoms. The van der Waals surface area contributed by atoms with Gasteiger partial charge in [-0.15, -0.1) is 0 Å². The maximum Gasteiger partial charge on any atom is 0.244 e. The van der Waals surface area contributed by atoms with Gasteiger partial charge in [0.05, 0.1) is 6.04 Å². The molecular formula is C11H21N3O2. The van der Waals surface area contributed by atoms with Gasteiger partial charge in [0.25, 0.3) is 0 Å². The summed E-state index contributed by atoms with van der Waals surface area (Å²) in [6, 6.07) is -0.989. The Morgan fingerprint density at radius 1 is 1.38 bits per heavy atom. The van der Waals surface area contributed by atoms with E-state index in [2.05, 4.69) is 5.32 Å². The molecule has 0 saturated carbocycles. The lowest BCUT2D eigenvalue weighted by Gasteiger charge is -2.22. The van der Waals surface area contributed by atoms with Crippen LogP contribution in [0.5, 0.6) is 0 Å². The Balaban J connectivity index is 2.41. The van der Waals surface area contributed by atoms with Crippen molar-refractivity contribution in [3.8, 4) is 0 Å². The third-order valence-electron chi connectivity index (χ3n) is 2.92. The standard InChI is InChI=1S/C11H21N3O2/c1-3-9(12)10(15)13-8(2)11(16)14-6-4-5-7-14/h8-9H,3-7,12H2,1-2H3,(H,13,15)/t8?,9-/m1/s1. The van der Waals surface area contributed by atoms with Gasteiger partial charge in [-0.2, -0.15) is 0 Å². The van der Waals surface area contributed by atoms with Crippen LogP contribution in [0, 0.1) is 0 Å². The molecule has 0 spiro atoms. The molecule has 1 rings (SSSR count). The summed E-state index contributed by atoms with van der Waals surface area (Å²) in [6.07, 6.45) is 2.69. The lowest BCUT2D eigenvalue weighted by molar-refractivity contribution is -0.135. The molecular weight excluding hydrogens is 206 g/mol. The molecule has 0 aliphatic carbocycles. The van der Waals surface area contributed by atoms with Crippen LogP contribution in [-0.2, 0) is 9.59 Å². The number of hydrogen-bond acceptors (Lipinski definition) is 3. The first kappa shape index (κ1) is 13.0. The monoisotopic (exact) mass is 227 g/mol. The maximum absolute atomic E-state index is 11.9. The molecule has 2 atom stereocenters. The minimum atomic E-state index is -0.520. The van der Waals surface area contributed by atoms with E-state index in [9.17, 15) is 9.59 Å². The first-order chi connectivity index (χ1) is 7.56. The fourth-order valence-electron chi connectivity index (χ4n) is 1.78. The van der Waals surface area contributed by atoms with Crippen molar-refractivity contribution in [2.45, 2.75) is 45.2 Å². The number of carbonyl (C=O) groups is 2. The Kier molecular flexibility index (Phi) is 4.73. The van der Waals surface area contributed by atoms with Crippen molar-refractivity contribution < 1.29 is 9.59 Å². The largest absolute Gasteiger partial charge is 0.343 e. The van der Waals surface area contributed by atoms with Crippen molar-refractivity contribution in [2.24, 2.45) is 5.73 Å². The Morgan fingerprint density at radius 3 is 2.44 bits per heavy atom. The molecule has 0 aromatic rings. The van der Waals surface area contributed by atoms with Gasteiger partial charge in [-0.25, -0.2) is 0 Å². The van der Waals surface area contributed by atoms with Crippen molar-refractivity contribution in [3.05, 3.63) is 0 Å².